The van der Waals surface area contributed by atoms with E-state index in [0.29, 0.717) is 38.4 Å². The molecule has 1 aromatic heterocycles. The molecule has 1 saturated heterocycles. The van der Waals surface area contributed by atoms with E-state index in [0.717, 1.165) is 24.0 Å². The zero-order valence-electron chi connectivity index (χ0n) is 20.4. The van der Waals surface area contributed by atoms with E-state index < -0.39 is 23.4 Å². The number of aromatic nitrogens is 2. The van der Waals surface area contributed by atoms with Crippen LogP contribution in [-0.2, 0) is 28.0 Å². The van der Waals surface area contributed by atoms with Gasteiger partial charge in [0.05, 0.1) is 5.54 Å². The van der Waals surface area contributed by atoms with Crippen molar-refractivity contribution in [2.24, 2.45) is 5.73 Å². The molecular formula is C27H33N5O3. The molecule has 2 aromatic carbocycles. The number of nitrogens with two attached hydrogens (primary N) is 1. The van der Waals surface area contributed by atoms with Crippen LogP contribution in [0.3, 0.4) is 0 Å². The Labute approximate surface area is 206 Å². The fourth-order valence-corrected chi connectivity index (χ4v) is 4.41. The van der Waals surface area contributed by atoms with Gasteiger partial charge in [-0.25, -0.2) is 0 Å². The van der Waals surface area contributed by atoms with Gasteiger partial charge in [-0.05, 0) is 30.9 Å². The molecule has 184 valence electrons. The highest BCUT2D eigenvalue weighted by molar-refractivity contribution is 6.35. The number of piperazine rings is 1. The first-order valence-electron chi connectivity index (χ1n) is 12.2. The normalized spacial score (nSPS) is 16.9. The number of hydrogen-bond donors (Lipinski definition) is 1. The monoisotopic (exact) mass is 475 g/mol. The van der Waals surface area contributed by atoms with Crippen LogP contribution in [-0.4, -0.2) is 51.4 Å². The summed E-state index contributed by atoms with van der Waals surface area (Å²) in [6, 6.07) is 19.1. The van der Waals surface area contributed by atoms with Gasteiger partial charge in [0.25, 0.3) is 0 Å². The third kappa shape index (κ3) is 5.77. The smallest absolute Gasteiger partial charge is 0.312 e. The fourth-order valence-electron chi connectivity index (χ4n) is 4.41. The lowest BCUT2D eigenvalue weighted by atomic mass is 9.94. The number of hydrogen-bond acceptors (Lipinski definition) is 6. The summed E-state index contributed by atoms with van der Waals surface area (Å²) in [5.74, 6) is -0.422. The summed E-state index contributed by atoms with van der Waals surface area (Å²) in [4.78, 5) is 29.2. The summed E-state index contributed by atoms with van der Waals surface area (Å²) in [7, 11) is 0. The van der Waals surface area contributed by atoms with Crippen molar-refractivity contribution in [1.29, 1.82) is 0 Å². The number of carbonyl (C=O) groups excluding carboxylic acids is 2. The first kappa shape index (κ1) is 24.6. The second kappa shape index (κ2) is 10.8. The zero-order chi connectivity index (χ0) is 24.8. The lowest BCUT2D eigenvalue weighted by Crippen LogP contribution is -2.55. The minimum Gasteiger partial charge on any atom is -0.421 e. The molecule has 2 heterocycles. The molecule has 0 radical (unpaired) electrons. The molecule has 0 bridgehead atoms. The molecule has 0 spiro atoms. The maximum absolute atomic E-state index is 13.2. The maximum Gasteiger partial charge on any atom is 0.312 e. The molecule has 3 aromatic rings. The molecule has 8 nitrogen and oxygen atoms in total. The van der Waals surface area contributed by atoms with E-state index in [1.807, 2.05) is 67.6 Å². The van der Waals surface area contributed by atoms with Crippen molar-refractivity contribution >= 4 is 11.8 Å². The van der Waals surface area contributed by atoms with Gasteiger partial charge in [0.2, 0.25) is 11.8 Å². The van der Waals surface area contributed by atoms with Gasteiger partial charge in [-0.15, -0.1) is 10.2 Å². The number of benzene rings is 2. The van der Waals surface area contributed by atoms with Crippen LogP contribution >= 0.6 is 0 Å². The van der Waals surface area contributed by atoms with Crippen molar-refractivity contribution in [3.63, 3.8) is 0 Å². The van der Waals surface area contributed by atoms with Crippen LogP contribution < -0.4 is 5.73 Å². The first-order chi connectivity index (χ1) is 16.9. The number of nitrogens with zero attached hydrogens (tertiary/aromatic N) is 4. The Morgan fingerprint density at radius 3 is 2.29 bits per heavy atom. The summed E-state index contributed by atoms with van der Waals surface area (Å²) >= 11 is 0. The fraction of sp³-hybridized carbons (Fsp3) is 0.407. The van der Waals surface area contributed by atoms with E-state index in [2.05, 4.69) is 17.1 Å². The summed E-state index contributed by atoms with van der Waals surface area (Å²) in [6.07, 6.45) is 2.81. The second-order valence-electron chi connectivity index (χ2n) is 9.38. The number of amides is 2. The molecular weight excluding hydrogens is 442 g/mol. The standard InChI is InChI=1S/C27H33N5O3/c1-3-4-15-31-16-17-32(25(34)24(31)33)22(18-20-11-7-5-8-12-20)23-29-30-26(35-23)27(2,28)19-21-13-9-6-10-14-21/h5-14,22H,3-4,15-19,28H2,1-2H3/t22?,27-/m1/s1. The largest absolute Gasteiger partial charge is 0.421 e. The molecule has 1 aliphatic heterocycles. The molecule has 35 heavy (non-hydrogen) atoms. The zero-order valence-corrected chi connectivity index (χ0v) is 20.4. The van der Waals surface area contributed by atoms with Crippen LogP contribution in [0.4, 0.5) is 0 Å². The predicted octanol–water partition coefficient (Wildman–Crippen LogP) is 3.24. The Morgan fingerprint density at radius 1 is 0.971 bits per heavy atom. The van der Waals surface area contributed by atoms with Crippen LogP contribution in [0.2, 0.25) is 0 Å². The summed E-state index contributed by atoms with van der Waals surface area (Å²) in [5.41, 5.74) is 7.77. The van der Waals surface area contributed by atoms with E-state index in [1.54, 1.807) is 9.80 Å². The van der Waals surface area contributed by atoms with Crippen LogP contribution in [0, 0.1) is 0 Å². The molecule has 8 heteroatoms. The minimum atomic E-state index is -0.886. The Hall–Kier alpha value is -3.52. The van der Waals surface area contributed by atoms with Crippen molar-refractivity contribution in [2.75, 3.05) is 19.6 Å². The van der Waals surface area contributed by atoms with E-state index >= 15 is 0 Å². The topological polar surface area (TPSA) is 106 Å². The highest BCUT2D eigenvalue weighted by Crippen LogP contribution is 2.29. The molecule has 4 rings (SSSR count). The average molecular weight is 476 g/mol. The van der Waals surface area contributed by atoms with Crippen molar-refractivity contribution in [2.45, 2.75) is 51.1 Å². The van der Waals surface area contributed by atoms with Crippen LogP contribution in [0.25, 0.3) is 0 Å². The van der Waals surface area contributed by atoms with Crippen molar-refractivity contribution in [3.8, 4) is 0 Å². The Kier molecular flexibility index (Phi) is 7.60. The average Bonchev–Trinajstić information content (AvgIpc) is 3.36. The van der Waals surface area contributed by atoms with Gasteiger partial charge < -0.3 is 20.0 Å². The quantitative estimate of drug-likeness (QED) is 0.451. The van der Waals surface area contributed by atoms with Gasteiger partial charge >= 0.3 is 11.8 Å². The Balaban J connectivity index is 1.60. The third-order valence-corrected chi connectivity index (χ3v) is 6.40. The van der Waals surface area contributed by atoms with E-state index in [9.17, 15) is 9.59 Å². The lowest BCUT2D eigenvalue weighted by Gasteiger charge is -2.37. The molecule has 2 N–H and O–H groups in total. The van der Waals surface area contributed by atoms with Gasteiger partial charge in [-0.1, -0.05) is 74.0 Å². The lowest BCUT2D eigenvalue weighted by molar-refractivity contribution is -0.158. The summed E-state index contributed by atoms with van der Waals surface area (Å²) in [5, 5.41) is 8.57. The van der Waals surface area contributed by atoms with Gasteiger partial charge in [0.15, 0.2) is 0 Å². The molecule has 1 unspecified atom stereocenters. The number of rotatable bonds is 10. The maximum atomic E-state index is 13.2. The van der Waals surface area contributed by atoms with E-state index in [4.69, 9.17) is 10.2 Å². The van der Waals surface area contributed by atoms with E-state index in [-0.39, 0.29) is 5.89 Å². The molecule has 0 aliphatic carbocycles. The van der Waals surface area contributed by atoms with Crippen molar-refractivity contribution in [1.82, 2.24) is 20.0 Å². The SMILES string of the molecule is CCCCN1CCN(C(Cc2ccccc2)c2nnc([C@](C)(N)Cc3ccccc3)o2)C(=O)C1=O. The number of carbonyl (C=O) groups is 2. The highest BCUT2D eigenvalue weighted by atomic mass is 16.4. The van der Waals surface area contributed by atoms with Gasteiger partial charge in [0.1, 0.15) is 6.04 Å². The second-order valence-corrected chi connectivity index (χ2v) is 9.38. The first-order valence-corrected chi connectivity index (χ1v) is 12.2. The molecule has 0 saturated carbocycles. The Bertz CT molecular complexity index is 1130. The van der Waals surface area contributed by atoms with Gasteiger partial charge in [-0.2, -0.15) is 0 Å². The van der Waals surface area contributed by atoms with Crippen LogP contribution in [0.1, 0.15) is 55.6 Å². The van der Waals surface area contributed by atoms with Crippen LogP contribution in [0.15, 0.2) is 65.1 Å². The molecule has 2 amide bonds. The molecule has 1 fully saturated rings. The molecule has 1 aliphatic rings. The molecule has 2 atom stereocenters. The highest BCUT2D eigenvalue weighted by Gasteiger charge is 2.39. The minimum absolute atomic E-state index is 0.289. The van der Waals surface area contributed by atoms with E-state index in [1.165, 1.54) is 0 Å². The van der Waals surface area contributed by atoms with Crippen molar-refractivity contribution in [3.05, 3.63) is 83.6 Å². The van der Waals surface area contributed by atoms with Crippen molar-refractivity contribution < 1.29 is 14.0 Å². The van der Waals surface area contributed by atoms with Crippen LogP contribution in [0.5, 0.6) is 0 Å². The predicted molar refractivity (Wildman–Crippen MR) is 132 cm³/mol. The summed E-state index contributed by atoms with van der Waals surface area (Å²) in [6.45, 7) is 5.40. The Morgan fingerprint density at radius 2 is 1.63 bits per heavy atom. The summed E-state index contributed by atoms with van der Waals surface area (Å²) < 4.78 is 6.12. The number of unbranched alkanes of at least 4 members (excludes halogenated alkanes) is 1. The van der Waals surface area contributed by atoms with Gasteiger partial charge in [-0.3, -0.25) is 9.59 Å². The third-order valence-electron chi connectivity index (χ3n) is 6.40. The van der Waals surface area contributed by atoms with Gasteiger partial charge in [0, 0.05) is 26.1 Å².